The number of halogens is 3. The maximum Gasteiger partial charge on any atom is 0.337 e. The minimum absolute atomic E-state index is 0.112. The van der Waals surface area contributed by atoms with Gasteiger partial charge in [0.2, 0.25) is 0 Å². The molecule has 1 aromatic carbocycles. The van der Waals surface area contributed by atoms with E-state index in [1.54, 1.807) is 25.1 Å². The molecule has 0 spiro atoms. The number of hydrogen-bond donors (Lipinski definition) is 2. The number of esters is 1. The van der Waals surface area contributed by atoms with Gasteiger partial charge in [-0.3, -0.25) is 9.59 Å². The van der Waals surface area contributed by atoms with Crippen LogP contribution in [0.5, 0.6) is 0 Å². The fourth-order valence-corrected chi connectivity index (χ4v) is 3.59. The molecule has 0 bridgehead atoms. The Bertz CT molecular complexity index is 960. The monoisotopic (exact) mass is 473 g/mol. The van der Waals surface area contributed by atoms with Gasteiger partial charge in [-0.05, 0) is 25.1 Å². The van der Waals surface area contributed by atoms with Crippen LogP contribution in [0.3, 0.4) is 0 Å². The van der Waals surface area contributed by atoms with Crippen LogP contribution in [-0.2, 0) is 9.53 Å². The van der Waals surface area contributed by atoms with Crippen molar-refractivity contribution in [3.63, 3.8) is 0 Å². The third-order valence-electron chi connectivity index (χ3n) is 4.13. The fourth-order valence-electron chi connectivity index (χ4n) is 2.69. The molecule has 2 aromatic rings. The van der Waals surface area contributed by atoms with E-state index >= 15 is 0 Å². The summed E-state index contributed by atoms with van der Waals surface area (Å²) in [6, 6.07) is 4.15. The molecule has 1 aromatic heterocycles. The fraction of sp³-hybridized carbons (Fsp3) is 0.235. The van der Waals surface area contributed by atoms with Crippen molar-refractivity contribution in [1.82, 2.24) is 10.3 Å². The number of aromatic nitrogens is 1. The van der Waals surface area contributed by atoms with E-state index in [1.807, 2.05) is 0 Å². The van der Waals surface area contributed by atoms with E-state index in [1.165, 1.54) is 12.0 Å². The SMILES string of the molecule is COC(=O)c1cc(Br)cc(N2CC(NC(=O)c3[nH]c(C)c(Cl)c3Cl)C2=O)c1. The zero-order chi connectivity index (χ0) is 19.9. The van der Waals surface area contributed by atoms with Crippen molar-refractivity contribution in [2.75, 3.05) is 18.6 Å². The Balaban J connectivity index is 1.72. The molecular formula is C17H14BrCl2N3O4. The van der Waals surface area contributed by atoms with E-state index in [-0.39, 0.29) is 28.2 Å². The van der Waals surface area contributed by atoms with Gasteiger partial charge in [-0.25, -0.2) is 4.79 Å². The minimum Gasteiger partial charge on any atom is -0.465 e. The third-order valence-corrected chi connectivity index (χ3v) is 5.54. The van der Waals surface area contributed by atoms with Gasteiger partial charge in [0.25, 0.3) is 11.8 Å². The van der Waals surface area contributed by atoms with Crippen molar-refractivity contribution in [3.05, 3.63) is 49.7 Å². The number of hydrogen-bond acceptors (Lipinski definition) is 4. The van der Waals surface area contributed by atoms with Gasteiger partial charge < -0.3 is 19.9 Å². The average molecular weight is 475 g/mol. The summed E-state index contributed by atoms with van der Waals surface area (Å²) in [5.41, 5.74) is 1.52. The summed E-state index contributed by atoms with van der Waals surface area (Å²) in [6.45, 7) is 1.94. The number of carbonyl (C=O) groups is 3. The molecule has 2 N–H and O–H groups in total. The highest BCUT2D eigenvalue weighted by Gasteiger charge is 2.39. The molecule has 0 radical (unpaired) electrons. The van der Waals surface area contributed by atoms with E-state index in [0.29, 0.717) is 21.4 Å². The zero-order valence-corrected chi connectivity index (χ0v) is 17.3. The summed E-state index contributed by atoms with van der Waals surface area (Å²) in [4.78, 5) is 40.8. The number of anilines is 1. The summed E-state index contributed by atoms with van der Waals surface area (Å²) in [7, 11) is 1.28. The molecule has 2 heterocycles. The molecule has 1 saturated heterocycles. The number of β-lactam (4-membered cyclic amide) rings is 1. The first kappa shape index (κ1) is 19.7. The van der Waals surface area contributed by atoms with Crippen molar-refractivity contribution >= 4 is 62.6 Å². The van der Waals surface area contributed by atoms with Gasteiger partial charge in [0, 0.05) is 15.9 Å². The topological polar surface area (TPSA) is 91.5 Å². The normalized spacial score (nSPS) is 16.1. The van der Waals surface area contributed by atoms with Gasteiger partial charge in [0.05, 0.1) is 29.3 Å². The highest BCUT2D eigenvalue weighted by Crippen LogP contribution is 2.30. The molecular weight excluding hydrogens is 461 g/mol. The van der Waals surface area contributed by atoms with Crippen LogP contribution in [0.15, 0.2) is 22.7 Å². The highest BCUT2D eigenvalue weighted by molar-refractivity contribution is 9.10. The van der Waals surface area contributed by atoms with E-state index in [2.05, 4.69) is 26.2 Å². The van der Waals surface area contributed by atoms with E-state index in [4.69, 9.17) is 27.9 Å². The zero-order valence-electron chi connectivity index (χ0n) is 14.2. The lowest BCUT2D eigenvalue weighted by Gasteiger charge is -2.38. The van der Waals surface area contributed by atoms with E-state index < -0.39 is 17.9 Å². The number of methoxy groups -OCH3 is 1. The Morgan fingerprint density at radius 1 is 1.30 bits per heavy atom. The molecule has 1 aliphatic heterocycles. The molecule has 3 rings (SSSR count). The van der Waals surface area contributed by atoms with E-state index in [0.717, 1.165) is 0 Å². The highest BCUT2D eigenvalue weighted by atomic mass is 79.9. The lowest BCUT2D eigenvalue weighted by atomic mass is 10.0. The predicted octanol–water partition coefficient (Wildman–Crippen LogP) is 3.32. The first-order chi connectivity index (χ1) is 12.7. The molecule has 0 saturated carbocycles. The van der Waals surface area contributed by atoms with Gasteiger partial charge in [-0.1, -0.05) is 39.1 Å². The van der Waals surface area contributed by atoms with Crippen molar-refractivity contribution in [3.8, 4) is 0 Å². The number of aryl methyl sites for hydroxylation is 1. The number of H-pyrrole nitrogens is 1. The second-order valence-electron chi connectivity index (χ2n) is 5.92. The maximum absolute atomic E-state index is 12.5. The van der Waals surface area contributed by atoms with Gasteiger partial charge in [-0.15, -0.1) is 0 Å². The van der Waals surface area contributed by atoms with Crippen molar-refractivity contribution in [2.24, 2.45) is 0 Å². The molecule has 1 aliphatic rings. The van der Waals surface area contributed by atoms with Crippen LogP contribution in [0.4, 0.5) is 5.69 Å². The Morgan fingerprint density at radius 3 is 2.56 bits per heavy atom. The molecule has 1 atom stereocenters. The number of nitrogens with zero attached hydrogens (tertiary/aromatic N) is 1. The van der Waals surface area contributed by atoms with Crippen LogP contribution in [0.25, 0.3) is 0 Å². The lowest BCUT2D eigenvalue weighted by Crippen LogP contribution is -2.64. The average Bonchev–Trinajstić information content (AvgIpc) is 2.90. The van der Waals surface area contributed by atoms with Crippen molar-refractivity contribution in [2.45, 2.75) is 13.0 Å². The number of benzene rings is 1. The van der Waals surface area contributed by atoms with Gasteiger partial charge in [0.1, 0.15) is 11.7 Å². The largest absolute Gasteiger partial charge is 0.465 e. The lowest BCUT2D eigenvalue weighted by molar-refractivity contribution is -0.124. The molecule has 1 fully saturated rings. The van der Waals surface area contributed by atoms with Crippen molar-refractivity contribution in [1.29, 1.82) is 0 Å². The van der Waals surface area contributed by atoms with Gasteiger partial charge in [-0.2, -0.15) is 0 Å². The standard InChI is InChI=1S/C17H14BrCl2N3O4/c1-7-12(19)13(20)14(21-7)15(24)22-11-6-23(16(11)25)10-4-8(17(26)27-2)3-9(18)5-10/h3-5,11,21H,6H2,1-2H3,(H,22,24). The number of amides is 2. The smallest absolute Gasteiger partial charge is 0.337 e. The van der Waals surface area contributed by atoms with Gasteiger partial charge >= 0.3 is 5.97 Å². The van der Waals surface area contributed by atoms with Crippen LogP contribution in [0.1, 0.15) is 26.5 Å². The Hall–Kier alpha value is -2.03. The second-order valence-corrected chi connectivity index (χ2v) is 7.59. The van der Waals surface area contributed by atoms with Crippen LogP contribution < -0.4 is 10.2 Å². The number of aromatic amines is 1. The van der Waals surface area contributed by atoms with Crippen LogP contribution in [0.2, 0.25) is 10.0 Å². The second kappa shape index (κ2) is 7.53. The number of carbonyl (C=O) groups excluding carboxylic acids is 3. The summed E-state index contributed by atoms with van der Waals surface area (Å²) in [5, 5.41) is 3.01. The summed E-state index contributed by atoms with van der Waals surface area (Å²) in [5.74, 6) is -1.33. The Morgan fingerprint density at radius 2 is 2.00 bits per heavy atom. The Labute approximate surface area is 173 Å². The summed E-state index contributed by atoms with van der Waals surface area (Å²) >= 11 is 15.3. The molecule has 0 aliphatic carbocycles. The first-order valence-corrected chi connectivity index (χ1v) is 9.32. The van der Waals surface area contributed by atoms with Gasteiger partial charge in [0.15, 0.2) is 0 Å². The third kappa shape index (κ3) is 3.69. The molecule has 1 unspecified atom stereocenters. The molecule has 10 heteroatoms. The molecule has 7 nitrogen and oxygen atoms in total. The quantitative estimate of drug-likeness (QED) is 0.525. The number of rotatable bonds is 4. The maximum atomic E-state index is 12.5. The number of nitrogens with one attached hydrogen (secondary N) is 2. The van der Waals surface area contributed by atoms with Crippen molar-refractivity contribution < 1.29 is 19.1 Å². The Kier molecular flexibility index (Phi) is 5.50. The van der Waals surface area contributed by atoms with Crippen LogP contribution >= 0.6 is 39.1 Å². The molecule has 2 amide bonds. The predicted molar refractivity (Wildman–Crippen MR) is 105 cm³/mol. The minimum atomic E-state index is -0.698. The van der Waals surface area contributed by atoms with E-state index in [9.17, 15) is 14.4 Å². The first-order valence-electron chi connectivity index (χ1n) is 7.77. The van der Waals surface area contributed by atoms with Crippen LogP contribution in [-0.4, -0.2) is 42.5 Å². The number of ether oxygens (including phenoxy) is 1. The molecule has 27 heavy (non-hydrogen) atoms. The van der Waals surface area contributed by atoms with Crippen LogP contribution in [0, 0.1) is 6.92 Å². The summed E-state index contributed by atoms with van der Waals surface area (Å²) < 4.78 is 5.33. The summed E-state index contributed by atoms with van der Waals surface area (Å²) in [6.07, 6.45) is 0. The molecule has 142 valence electrons.